The zero-order chi connectivity index (χ0) is 12.1. The van der Waals surface area contributed by atoms with Crippen LogP contribution in [0, 0.1) is 0 Å². The van der Waals surface area contributed by atoms with E-state index in [1.807, 2.05) is 0 Å². The smallest absolute Gasteiger partial charge is 0.0470 e. The standard InChI is InChI=1S/C15H20N2/c1-13(2)16-10-15-8-9-17(12-15)11-14-6-4-3-5-7-14/h3-9,12-13,16H,10-11H2,1-2H3. The topological polar surface area (TPSA) is 17.0 Å². The highest BCUT2D eigenvalue weighted by Gasteiger charge is 1.99. The first-order valence-electron chi connectivity index (χ1n) is 6.16. The zero-order valence-electron chi connectivity index (χ0n) is 10.6. The Labute approximate surface area is 103 Å². The molecule has 0 radical (unpaired) electrons. The molecule has 1 aromatic carbocycles. The lowest BCUT2D eigenvalue weighted by molar-refractivity contribution is 0.588. The van der Waals surface area contributed by atoms with Gasteiger partial charge in [-0.15, -0.1) is 0 Å². The van der Waals surface area contributed by atoms with Crippen molar-refractivity contribution in [1.29, 1.82) is 0 Å². The van der Waals surface area contributed by atoms with Gasteiger partial charge in [0.1, 0.15) is 0 Å². The van der Waals surface area contributed by atoms with Crippen molar-refractivity contribution < 1.29 is 0 Å². The Morgan fingerprint density at radius 2 is 1.82 bits per heavy atom. The van der Waals surface area contributed by atoms with Crippen LogP contribution in [0.5, 0.6) is 0 Å². The second kappa shape index (κ2) is 5.69. The maximum Gasteiger partial charge on any atom is 0.0470 e. The van der Waals surface area contributed by atoms with E-state index in [0.717, 1.165) is 13.1 Å². The van der Waals surface area contributed by atoms with Crippen LogP contribution in [0.4, 0.5) is 0 Å². The molecule has 0 saturated heterocycles. The summed E-state index contributed by atoms with van der Waals surface area (Å²) in [6.07, 6.45) is 4.35. The molecule has 0 amide bonds. The molecule has 0 bridgehead atoms. The van der Waals surface area contributed by atoms with Crippen LogP contribution in [0.3, 0.4) is 0 Å². The molecule has 0 atom stereocenters. The first-order chi connectivity index (χ1) is 8.24. The van der Waals surface area contributed by atoms with Gasteiger partial charge in [0.15, 0.2) is 0 Å². The van der Waals surface area contributed by atoms with Gasteiger partial charge in [-0.25, -0.2) is 0 Å². The molecule has 0 aliphatic rings. The Morgan fingerprint density at radius 3 is 2.53 bits per heavy atom. The molecular weight excluding hydrogens is 208 g/mol. The lowest BCUT2D eigenvalue weighted by Crippen LogP contribution is -2.21. The van der Waals surface area contributed by atoms with Gasteiger partial charge in [0.25, 0.3) is 0 Å². The Bertz CT molecular complexity index is 443. The van der Waals surface area contributed by atoms with E-state index in [9.17, 15) is 0 Å². The number of rotatable bonds is 5. The number of aromatic nitrogens is 1. The molecule has 0 spiro atoms. The molecule has 0 fully saturated rings. The largest absolute Gasteiger partial charge is 0.350 e. The van der Waals surface area contributed by atoms with E-state index >= 15 is 0 Å². The summed E-state index contributed by atoms with van der Waals surface area (Å²) in [5, 5.41) is 3.43. The third-order valence-corrected chi connectivity index (χ3v) is 2.73. The van der Waals surface area contributed by atoms with Gasteiger partial charge in [0.2, 0.25) is 0 Å². The van der Waals surface area contributed by atoms with Gasteiger partial charge in [0.05, 0.1) is 0 Å². The summed E-state index contributed by atoms with van der Waals surface area (Å²) in [5.74, 6) is 0. The molecule has 90 valence electrons. The van der Waals surface area contributed by atoms with Crippen LogP contribution in [0.25, 0.3) is 0 Å². The molecular formula is C15H20N2. The Morgan fingerprint density at radius 1 is 1.06 bits per heavy atom. The van der Waals surface area contributed by atoms with Gasteiger partial charge in [-0.3, -0.25) is 0 Å². The molecule has 0 aliphatic carbocycles. The summed E-state index contributed by atoms with van der Waals surface area (Å²) < 4.78 is 2.23. The summed E-state index contributed by atoms with van der Waals surface area (Å²) in [6, 6.07) is 13.3. The molecule has 2 nitrogen and oxygen atoms in total. The number of hydrogen-bond donors (Lipinski definition) is 1. The third-order valence-electron chi connectivity index (χ3n) is 2.73. The fraction of sp³-hybridized carbons (Fsp3) is 0.333. The predicted molar refractivity (Wildman–Crippen MR) is 72.0 cm³/mol. The van der Waals surface area contributed by atoms with Crippen molar-refractivity contribution in [3.05, 3.63) is 59.9 Å². The molecule has 1 heterocycles. The molecule has 0 unspecified atom stereocenters. The van der Waals surface area contributed by atoms with Crippen molar-refractivity contribution in [1.82, 2.24) is 9.88 Å². The van der Waals surface area contributed by atoms with Crippen LogP contribution in [0.2, 0.25) is 0 Å². The second-order valence-electron chi connectivity index (χ2n) is 4.71. The van der Waals surface area contributed by atoms with Crippen molar-refractivity contribution in [2.24, 2.45) is 0 Å². The summed E-state index contributed by atoms with van der Waals surface area (Å²) in [5.41, 5.74) is 2.68. The van der Waals surface area contributed by atoms with Gasteiger partial charge in [0, 0.05) is 31.5 Å². The number of hydrogen-bond acceptors (Lipinski definition) is 1. The summed E-state index contributed by atoms with van der Waals surface area (Å²) in [7, 11) is 0. The average Bonchev–Trinajstić information content (AvgIpc) is 2.75. The predicted octanol–water partition coefficient (Wildman–Crippen LogP) is 3.03. The highest BCUT2D eigenvalue weighted by atomic mass is 14.9. The van der Waals surface area contributed by atoms with Crippen LogP contribution in [-0.4, -0.2) is 10.6 Å². The van der Waals surface area contributed by atoms with Crippen molar-refractivity contribution in [2.75, 3.05) is 0 Å². The highest BCUT2D eigenvalue weighted by Crippen LogP contribution is 2.06. The highest BCUT2D eigenvalue weighted by molar-refractivity contribution is 5.17. The van der Waals surface area contributed by atoms with Crippen LogP contribution < -0.4 is 5.32 Å². The SMILES string of the molecule is CC(C)NCc1ccn(Cc2ccccc2)c1. The molecule has 2 rings (SSSR count). The van der Waals surface area contributed by atoms with Gasteiger partial charge < -0.3 is 9.88 Å². The van der Waals surface area contributed by atoms with Crippen LogP contribution in [-0.2, 0) is 13.1 Å². The van der Waals surface area contributed by atoms with Gasteiger partial charge >= 0.3 is 0 Å². The fourth-order valence-corrected chi connectivity index (χ4v) is 1.81. The lowest BCUT2D eigenvalue weighted by atomic mass is 10.2. The summed E-state index contributed by atoms with van der Waals surface area (Å²) in [4.78, 5) is 0. The average molecular weight is 228 g/mol. The summed E-state index contributed by atoms with van der Waals surface area (Å²) in [6.45, 7) is 6.23. The van der Waals surface area contributed by atoms with E-state index in [1.54, 1.807) is 0 Å². The van der Waals surface area contributed by atoms with E-state index in [2.05, 4.69) is 72.5 Å². The molecule has 1 N–H and O–H groups in total. The Balaban J connectivity index is 1.94. The lowest BCUT2D eigenvalue weighted by Gasteiger charge is -2.06. The van der Waals surface area contributed by atoms with Crippen molar-refractivity contribution >= 4 is 0 Å². The van der Waals surface area contributed by atoms with Crippen molar-refractivity contribution in [2.45, 2.75) is 33.0 Å². The van der Waals surface area contributed by atoms with E-state index in [-0.39, 0.29) is 0 Å². The summed E-state index contributed by atoms with van der Waals surface area (Å²) >= 11 is 0. The number of nitrogens with one attached hydrogen (secondary N) is 1. The van der Waals surface area contributed by atoms with Crippen LogP contribution in [0.15, 0.2) is 48.8 Å². The minimum absolute atomic E-state index is 0.535. The van der Waals surface area contributed by atoms with Crippen molar-refractivity contribution in [3.63, 3.8) is 0 Å². The number of nitrogens with zero attached hydrogens (tertiary/aromatic N) is 1. The number of benzene rings is 1. The maximum atomic E-state index is 3.43. The molecule has 2 heteroatoms. The maximum absolute atomic E-state index is 3.43. The van der Waals surface area contributed by atoms with Gasteiger partial charge in [-0.05, 0) is 17.2 Å². The molecule has 1 aromatic heterocycles. The van der Waals surface area contributed by atoms with Crippen molar-refractivity contribution in [3.8, 4) is 0 Å². The zero-order valence-corrected chi connectivity index (χ0v) is 10.6. The van der Waals surface area contributed by atoms with E-state index < -0.39 is 0 Å². The second-order valence-corrected chi connectivity index (χ2v) is 4.71. The van der Waals surface area contributed by atoms with E-state index in [0.29, 0.717) is 6.04 Å². The quantitative estimate of drug-likeness (QED) is 0.832. The minimum atomic E-state index is 0.535. The first-order valence-corrected chi connectivity index (χ1v) is 6.16. The molecule has 0 aliphatic heterocycles. The van der Waals surface area contributed by atoms with Gasteiger partial charge in [-0.2, -0.15) is 0 Å². The van der Waals surface area contributed by atoms with Gasteiger partial charge in [-0.1, -0.05) is 44.2 Å². The monoisotopic (exact) mass is 228 g/mol. The minimum Gasteiger partial charge on any atom is -0.350 e. The molecule has 2 aromatic rings. The fourth-order valence-electron chi connectivity index (χ4n) is 1.81. The Kier molecular flexibility index (Phi) is 3.99. The first kappa shape index (κ1) is 11.9. The van der Waals surface area contributed by atoms with E-state index in [1.165, 1.54) is 11.1 Å². The van der Waals surface area contributed by atoms with Crippen LogP contribution >= 0.6 is 0 Å². The Hall–Kier alpha value is -1.54. The normalized spacial score (nSPS) is 11.0. The molecule has 17 heavy (non-hydrogen) atoms. The third kappa shape index (κ3) is 3.75. The molecule has 0 saturated carbocycles. The van der Waals surface area contributed by atoms with Crippen LogP contribution in [0.1, 0.15) is 25.0 Å². The van der Waals surface area contributed by atoms with E-state index in [4.69, 9.17) is 0 Å².